The Bertz CT molecular complexity index is 361. The number of hydrogen-bond donors (Lipinski definition) is 2. The van der Waals surface area contributed by atoms with Crippen LogP contribution in [-0.4, -0.2) is 45.0 Å². The van der Waals surface area contributed by atoms with Crippen molar-refractivity contribution in [2.75, 3.05) is 13.1 Å². The lowest BCUT2D eigenvalue weighted by Crippen LogP contribution is -2.38. The average molecular weight is 208 g/mol. The van der Waals surface area contributed by atoms with E-state index < -0.39 is 0 Å². The van der Waals surface area contributed by atoms with Crippen LogP contribution < -0.4 is 0 Å². The van der Waals surface area contributed by atoms with Crippen LogP contribution in [0.15, 0.2) is 17.5 Å². The maximum Gasteiger partial charge on any atom is 0.257 e. The van der Waals surface area contributed by atoms with Crippen molar-refractivity contribution >= 4 is 11.6 Å². The van der Waals surface area contributed by atoms with Crippen LogP contribution in [0.3, 0.4) is 0 Å². The Morgan fingerprint density at radius 2 is 2.27 bits per heavy atom. The monoisotopic (exact) mass is 208 g/mol. The highest BCUT2D eigenvalue weighted by Gasteiger charge is 2.21. The highest BCUT2D eigenvalue weighted by molar-refractivity contribution is 5.95. The number of piperidine rings is 1. The number of aromatic amines is 1. The first-order valence-electron chi connectivity index (χ1n) is 4.79. The molecule has 1 saturated heterocycles. The van der Waals surface area contributed by atoms with E-state index in [-0.39, 0.29) is 5.91 Å². The van der Waals surface area contributed by atoms with Gasteiger partial charge in [0.2, 0.25) is 0 Å². The van der Waals surface area contributed by atoms with Crippen LogP contribution in [0.1, 0.15) is 23.2 Å². The summed E-state index contributed by atoms with van der Waals surface area (Å²) in [6.07, 6.45) is 4.37. The topological polar surface area (TPSA) is 81.6 Å². The Hall–Kier alpha value is -1.85. The summed E-state index contributed by atoms with van der Waals surface area (Å²) in [5.41, 5.74) is 1.32. The molecule has 0 atom stereocenters. The maximum atomic E-state index is 11.8. The van der Waals surface area contributed by atoms with Crippen molar-refractivity contribution in [3.63, 3.8) is 0 Å². The Morgan fingerprint density at radius 3 is 2.80 bits per heavy atom. The summed E-state index contributed by atoms with van der Waals surface area (Å²) in [7, 11) is 0. The zero-order valence-corrected chi connectivity index (χ0v) is 8.18. The van der Waals surface area contributed by atoms with Crippen molar-refractivity contribution in [1.82, 2.24) is 15.1 Å². The second-order valence-corrected chi connectivity index (χ2v) is 3.45. The number of amides is 1. The molecule has 1 amide bonds. The fourth-order valence-electron chi connectivity index (χ4n) is 1.62. The van der Waals surface area contributed by atoms with Gasteiger partial charge in [0.05, 0.1) is 17.5 Å². The number of likely N-dealkylation sites (tertiary alicyclic amines) is 1. The zero-order chi connectivity index (χ0) is 10.7. The smallest absolute Gasteiger partial charge is 0.257 e. The Morgan fingerprint density at radius 1 is 1.53 bits per heavy atom. The van der Waals surface area contributed by atoms with Gasteiger partial charge in [0, 0.05) is 32.1 Å². The number of carbonyl (C=O) groups excluding carboxylic acids is 1. The summed E-state index contributed by atoms with van der Waals surface area (Å²) >= 11 is 0. The lowest BCUT2D eigenvalue weighted by atomic mass is 10.1. The van der Waals surface area contributed by atoms with Crippen molar-refractivity contribution in [3.05, 3.63) is 18.0 Å². The van der Waals surface area contributed by atoms with Gasteiger partial charge < -0.3 is 10.1 Å². The molecule has 80 valence electrons. The van der Waals surface area contributed by atoms with Gasteiger partial charge in [-0.05, 0) is 0 Å². The maximum absolute atomic E-state index is 11.8. The standard InChI is InChI=1S/C9H12N4O2/c14-9(7-5-10-11-6-7)13-3-1-8(12-15)2-4-13/h5-6,15H,1-4H2,(H,10,11). The molecule has 2 rings (SSSR count). The molecule has 2 heterocycles. The number of oxime groups is 1. The number of aromatic nitrogens is 2. The van der Waals surface area contributed by atoms with Gasteiger partial charge >= 0.3 is 0 Å². The molecule has 6 heteroatoms. The molecule has 0 bridgehead atoms. The molecule has 6 nitrogen and oxygen atoms in total. The minimum absolute atomic E-state index is 0.0271. The van der Waals surface area contributed by atoms with Crippen molar-refractivity contribution in [2.45, 2.75) is 12.8 Å². The van der Waals surface area contributed by atoms with E-state index >= 15 is 0 Å². The van der Waals surface area contributed by atoms with Gasteiger partial charge in [-0.15, -0.1) is 0 Å². The van der Waals surface area contributed by atoms with Crippen LogP contribution in [0.4, 0.5) is 0 Å². The number of rotatable bonds is 1. The van der Waals surface area contributed by atoms with E-state index in [1.807, 2.05) is 0 Å². The summed E-state index contributed by atoms with van der Waals surface area (Å²) in [6, 6.07) is 0. The predicted molar refractivity (Wildman–Crippen MR) is 52.9 cm³/mol. The van der Waals surface area contributed by atoms with Crippen LogP contribution >= 0.6 is 0 Å². The molecule has 0 radical (unpaired) electrons. The predicted octanol–water partition coefficient (Wildman–Crippen LogP) is 0.476. The first kappa shape index (κ1) is 9.70. The molecular formula is C9H12N4O2. The van der Waals surface area contributed by atoms with Gasteiger partial charge in [0.25, 0.3) is 5.91 Å². The van der Waals surface area contributed by atoms with Crippen molar-refractivity contribution in [2.24, 2.45) is 5.16 Å². The second kappa shape index (κ2) is 4.12. The van der Waals surface area contributed by atoms with E-state index in [2.05, 4.69) is 15.4 Å². The van der Waals surface area contributed by atoms with Gasteiger partial charge in [0.15, 0.2) is 0 Å². The SMILES string of the molecule is O=C(c1cn[nH]c1)N1CCC(=NO)CC1. The molecule has 0 saturated carbocycles. The summed E-state index contributed by atoms with van der Waals surface area (Å²) in [5, 5.41) is 18.1. The van der Waals surface area contributed by atoms with Crippen LogP contribution in [0, 0.1) is 0 Å². The lowest BCUT2D eigenvalue weighted by molar-refractivity contribution is 0.0754. The lowest BCUT2D eigenvalue weighted by Gasteiger charge is -2.26. The molecule has 1 aliphatic heterocycles. The molecule has 1 aliphatic rings. The summed E-state index contributed by atoms with van der Waals surface area (Å²) in [4.78, 5) is 13.6. The number of hydrogen-bond acceptors (Lipinski definition) is 4. The quantitative estimate of drug-likeness (QED) is 0.520. The third-order valence-corrected chi connectivity index (χ3v) is 2.51. The van der Waals surface area contributed by atoms with Crippen molar-refractivity contribution in [1.29, 1.82) is 0 Å². The molecule has 0 unspecified atom stereocenters. The molecule has 0 aliphatic carbocycles. The van der Waals surface area contributed by atoms with E-state index in [0.29, 0.717) is 31.5 Å². The van der Waals surface area contributed by atoms with Gasteiger partial charge in [-0.1, -0.05) is 5.16 Å². The Balaban J connectivity index is 1.99. The first-order chi connectivity index (χ1) is 7.31. The van der Waals surface area contributed by atoms with Crippen LogP contribution in [0.5, 0.6) is 0 Å². The third-order valence-electron chi connectivity index (χ3n) is 2.51. The largest absolute Gasteiger partial charge is 0.411 e. The van der Waals surface area contributed by atoms with Gasteiger partial charge in [0.1, 0.15) is 0 Å². The normalized spacial score (nSPS) is 16.5. The molecule has 2 N–H and O–H groups in total. The Labute approximate surface area is 86.6 Å². The minimum atomic E-state index is -0.0271. The summed E-state index contributed by atoms with van der Waals surface area (Å²) in [6.45, 7) is 1.20. The fraction of sp³-hybridized carbons (Fsp3) is 0.444. The number of H-pyrrole nitrogens is 1. The molecule has 1 aromatic rings. The number of nitrogens with zero attached hydrogens (tertiary/aromatic N) is 3. The summed E-state index contributed by atoms with van der Waals surface area (Å²) < 4.78 is 0. The zero-order valence-electron chi connectivity index (χ0n) is 8.18. The first-order valence-corrected chi connectivity index (χ1v) is 4.79. The van der Waals surface area contributed by atoms with Crippen molar-refractivity contribution in [3.8, 4) is 0 Å². The molecular weight excluding hydrogens is 196 g/mol. The van der Waals surface area contributed by atoms with Crippen LogP contribution in [-0.2, 0) is 0 Å². The Kier molecular flexibility index (Phi) is 2.66. The van der Waals surface area contributed by atoms with Crippen LogP contribution in [0.2, 0.25) is 0 Å². The second-order valence-electron chi connectivity index (χ2n) is 3.45. The molecule has 15 heavy (non-hydrogen) atoms. The van der Waals surface area contributed by atoms with E-state index in [9.17, 15) is 4.79 Å². The average Bonchev–Trinajstić information content (AvgIpc) is 2.82. The highest BCUT2D eigenvalue weighted by Crippen LogP contribution is 2.10. The van der Waals surface area contributed by atoms with Gasteiger partial charge in [-0.25, -0.2) is 0 Å². The highest BCUT2D eigenvalue weighted by atomic mass is 16.4. The fourth-order valence-corrected chi connectivity index (χ4v) is 1.62. The van der Waals surface area contributed by atoms with E-state index in [4.69, 9.17) is 5.21 Å². The van der Waals surface area contributed by atoms with Gasteiger partial charge in [-0.2, -0.15) is 5.10 Å². The van der Waals surface area contributed by atoms with E-state index in [1.165, 1.54) is 6.20 Å². The van der Waals surface area contributed by atoms with Crippen molar-refractivity contribution < 1.29 is 10.0 Å². The van der Waals surface area contributed by atoms with Gasteiger partial charge in [-0.3, -0.25) is 9.89 Å². The summed E-state index contributed by atoms with van der Waals surface area (Å²) in [5.74, 6) is -0.0271. The van der Waals surface area contributed by atoms with E-state index in [0.717, 1.165) is 5.71 Å². The number of nitrogens with one attached hydrogen (secondary N) is 1. The number of carbonyl (C=O) groups is 1. The molecule has 0 spiro atoms. The molecule has 0 aromatic carbocycles. The minimum Gasteiger partial charge on any atom is -0.411 e. The van der Waals surface area contributed by atoms with E-state index in [1.54, 1.807) is 11.1 Å². The molecule has 1 aromatic heterocycles. The third kappa shape index (κ3) is 1.98. The molecule has 1 fully saturated rings. The van der Waals surface area contributed by atoms with Crippen LogP contribution in [0.25, 0.3) is 0 Å².